The lowest BCUT2D eigenvalue weighted by Crippen LogP contribution is -2.49. The molecule has 1 heterocycles. The smallest absolute Gasteiger partial charge is 0.241 e. The third kappa shape index (κ3) is 6.52. The molecule has 0 aliphatic carbocycles. The molecule has 10 heteroatoms. The summed E-state index contributed by atoms with van der Waals surface area (Å²) in [5.41, 5.74) is 0.491. The van der Waals surface area contributed by atoms with Crippen molar-refractivity contribution in [1.29, 1.82) is 0 Å². The third-order valence-electron chi connectivity index (χ3n) is 4.93. The summed E-state index contributed by atoms with van der Waals surface area (Å²) in [5, 5.41) is 2.67. The molecular formula is C24H26FN3O5S. The maximum atomic E-state index is 14.5. The van der Waals surface area contributed by atoms with Gasteiger partial charge in [-0.2, -0.15) is 4.72 Å². The predicted molar refractivity (Wildman–Crippen MR) is 124 cm³/mol. The van der Waals surface area contributed by atoms with E-state index in [9.17, 15) is 17.6 Å². The fourth-order valence-electron chi connectivity index (χ4n) is 3.05. The van der Waals surface area contributed by atoms with Gasteiger partial charge in [0, 0.05) is 12.7 Å². The van der Waals surface area contributed by atoms with Gasteiger partial charge in [-0.05, 0) is 60.0 Å². The Morgan fingerprint density at radius 1 is 1.09 bits per heavy atom. The van der Waals surface area contributed by atoms with Gasteiger partial charge in [-0.1, -0.05) is 19.9 Å². The molecule has 0 spiro atoms. The fourth-order valence-corrected chi connectivity index (χ4v) is 4.40. The minimum atomic E-state index is -3.95. The van der Waals surface area contributed by atoms with Crippen LogP contribution in [0.4, 0.5) is 4.39 Å². The molecule has 0 saturated carbocycles. The minimum Gasteiger partial charge on any atom is -0.497 e. The SMILES string of the molecule is COc1ccc(S(=O)(=O)N[C@H](C(=O)NCc2ccc(Oc3cccnc3)c(F)c2)C(C)C)cc1. The van der Waals surface area contributed by atoms with Gasteiger partial charge in [-0.3, -0.25) is 9.78 Å². The van der Waals surface area contributed by atoms with Gasteiger partial charge >= 0.3 is 0 Å². The van der Waals surface area contributed by atoms with Crippen LogP contribution in [0.1, 0.15) is 19.4 Å². The van der Waals surface area contributed by atoms with Crippen molar-refractivity contribution >= 4 is 15.9 Å². The van der Waals surface area contributed by atoms with Gasteiger partial charge in [-0.15, -0.1) is 0 Å². The molecule has 2 aromatic carbocycles. The lowest BCUT2D eigenvalue weighted by atomic mass is 10.0. The number of benzene rings is 2. The summed E-state index contributed by atoms with van der Waals surface area (Å²) in [6.07, 6.45) is 3.04. The number of amides is 1. The van der Waals surface area contributed by atoms with E-state index in [1.165, 1.54) is 49.7 Å². The van der Waals surface area contributed by atoms with Crippen molar-refractivity contribution in [2.75, 3.05) is 7.11 Å². The van der Waals surface area contributed by atoms with Gasteiger partial charge in [-0.25, -0.2) is 12.8 Å². The molecule has 0 aliphatic rings. The van der Waals surface area contributed by atoms with Crippen molar-refractivity contribution in [2.24, 2.45) is 5.92 Å². The Balaban J connectivity index is 1.64. The molecular weight excluding hydrogens is 461 g/mol. The van der Waals surface area contributed by atoms with E-state index in [1.54, 1.807) is 38.2 Å². The Bertz CT molecular complexity index is 1220. The number of pyridine rings is 1. The molecule has 1 aromatic heterocycles. The number of nitrogens with zero attached hydrogens (tertiary/aromatic N) is 1. The molecule has 0 aliphatic heterocycles. The molecule has 0 saturated heterocycles. The maximum absolute atomic E-state index is 14.5. The first kappa shape index (κ1) is 25.1. The zero-order chi connectivity index (χ0) is 24.7. The summed E-state index contributed by atoms with van der Waals surface area (Å²) in [4.78, 5) is 16.7. The molecule has 0 fully saturated rings. The summed E-state index contributed by atoms with van der Waals surface area (Å²) in [6.45, 7) is 3.46. The first-order chi connectivity index (χ1) is 16.2. The van der Waals surface area contributed by atoms with Crippen LogP contribution in [0.2, 0.25) is 0 Å². The molecule has 3 rings (SSSR count). The molecule has 180 valence electrons. The number of hydrogen-bond donors (Lipinski definition) is 2. The summed E-state index contributed by atoms with van der Waals surface area (Å²) in [6, 6.07) is 12.5. The summed E-state index contributed by atoms with van der Waals surface area (Å²) in [5.74, 6) is -0.526. The van der Waals surface area contributed by atoms with Gasteiger partial charge < -0.3 is 14.8 Å². The fraction of sp³-hybridized carbons (Fsp3) is 0.250. The second kappa shape index (κ2) is 11.1. The van der Waals surface area contributed by atoms with Crippen LogP contribution in [0.15, 0.2) is 71.9 Å². The van der Waals surface area contributed by atoms with Gasteiger partial charge in [0.05, 0.1) is 18.2 Å². The van der Waals surface area contributed by atoms with Crippen LogP contribution in [0.3, 0.4) is 0 Å². The quantitative estimate of drug-likeness (QED) is 0.452. The molecule has 1 atom stereocenters. The van der Waals surface area contributed by atoms with E-state index in [2.05, 4.69) is 15.0 Å². The van der Waals surface area contributed by atoms with E-state index in [0.717, 1.165) is 0 Å². The normalized spacial score (nSPS) is 12.3. The number of nitrogens with one attached hydrogen (secondary N) is 2. The van der Waals surface area contributed by atoms with Crippen LogP contribution in [-0.2, 0) is 21.4 Å². The number of carbonyl (C=O) groups is 1. The van der Waals surface area contributed by atoms with E-state index < -0.39 is 27.8 Å². The standard InChI is InChI=1S/C24H26FN3O5S/c1-16(2)23(28-34(30,31)20-9-7-18(32-3)8-10-20)24(29)27-14-17-6-11-22(21(25)13-17)33-19-5-4-12-26-15-19/h4-13,15-16,23,28H,14H2,1-3H3,(H,27,29)/t23-/m0/s1. The van der Waals surface area contributed by atoms with Crippen molar-refractivity contribution in [3.05, 3.63) is 78.4 Å². The van der Waals surface area contributed by atoms with Crippen LogP contribution in [0.5, 0.6) is 17.2 Å². The number of methoxy groups -OCH3 is 1. The van der Waals surface area contributed by atoms with E-state index in [4.69, 9.17) is 9.47 Å². The number of aromatic nitrogens is 1. The number of carbonyl (C=O) groups excluding carboxylic acids is 1. The summed E-state index contributed by atoms with van der Waals surface area (Å²) >= 11 is 0. The largest absolute Gasteiger partial charge is 0.497 e. The lowest BCUT2D eigenvalue weighted by molar-refractivity contribution is -0.123. The van der Waals surface area contributed by atoms with Crippen LogP contribution in [0, 0.1) is 11.7 Å². The molecule has 34 heavy (non-hydrogen) atoms. The van der Waals surface area contributed by atoms with Crippen molar-refractivity contribution in [1.82, 2.24) is 15.0 Å². The van der Waals surface area contributed by atoms with Crippen molar-refractivity contribution in [2.45, 2.75) is 31.3 Å². The summed E-state index contributed by atoms with van der Waals surface area (Å²) < 4.78 is 52.9. The molecule has 3 aromatic rings. The van der Waals surface area contributed by atoms with E-state index in [1.807, 2.05) is 0 Å². The molecule has 0 radical (unpaired) electrons. The Labute approximate surface area is 198 Å². The molecule has 1 amide bonds. The first-order valence-electron chi connectivity index (χ1n) is 10.5. The zero-order valence-electron chi connectivity index (χ0n) is 19.0. The van der Waals surface area contributed by atoms with E-state index in [-0.39, 0.29) is 23.1 Å². The van der Waals surface area contributed by atoms with Gasteiger partial charge in [0.2, 0.25) is 15.9 Å². The molecule has 0 unspecified atom stereocenters. The van der Waals surface area contributed by atoms with Crippen LogP contribution < -0.4 is 19.5 Å². The predicted octanol–water partition coefficient (Wildman–Crippen LogP) is 3.64. The Hall–Kier alpha value is -3.50. The number of halogens is 1. The monoisotopic (exact) mass is 487 g/mol. The Morgan fingerprint density at radius 3 is 2.41 bits per heavy atom. The topological polar surface area (TPSA) is 107 Å². The highest BCUT2D eigenvalue weighted by atomic mass is 32.2. The second-order valence-corrected chi connectivity index (χ2v) is 9.51. The average molecular weight is 488 g/mol. The highest BCUT2D eigenvalue weighted by Crippen LogP contribution is 2.24. The number of hydrogen-bond acceptors (Lipinski definition) is 6. The minimum absolute atomic E-state index is 0.0103. The van der Waals surface area contributed by atoms with Gasteiger partial charge in [0.1, 0.15) is 17.5 Å². The molecule has 0 bridgehead atoms. The van der Waals surface area contributed by atoms with Crippen LogP contribution in [-0.4, -0.2) is 32.5 Å². The number of rotatable bonds is 10. The highest BCUT2D eigenvalue weighted by Gasteiger charge is 2.28. The second-order valence-electron chi connectivity index (χ2n) is 7.79. The number of sulfonamides is 1. The molecule has 2 N–H and O–H groups in total. The average Bonchev–Trinajstić information content (AvgIpc) is 2.83. The van der Waals surface area contributed by atoms with E-state index >= 15 is 0 Å². The first-order valence-corrected chi connectivity index (χ1v) is 12.0. The van der Waals surface area contributed by atoms with Crippen LogP contribution >= 0.6 is 0 Å². The summed E-state index contributed by atoms with van der Waals surface area (Å²) in [7, 11) is -2.47. The van der Waals surface area contributed by atoms with Gasteiger partial charge in [0.15, 0.2) is 11.6 Å². The van der Waals surface area contributed by atoms with E-state index in [0.29, 0.717) is 17.1 Å². The van der Waals surface area contributed by atoms with Crippen molar-refractivity contribution in [3.63, 3.8) is 0 Å². The van der Waals surface area contributed by atoms with Crippen molar-refractivity contribution in [3.8, 4) is 17.2 Å². The third-order valence-corrected chi connectivity index (χ3v) is 6.38. The highest BCUT2D eigenvalue weighted by molar-refractivity contribution is 7.89. The number of ether oxygens (including phenoxy) is 2. The van der Waals surface area contributed by atoms with Crippen LogP contribution in [0.25, 0.3) is 0 Å². The molecule has 8 nitrogen and oxygen atoms in total. The maximum Gasteiger partial charge on any atom is 0.241 e. The lowest BCUT2D eigenvalue weighted by Gasteiger charge is -2.22. The zero-order valence-corrected chi connectivity index (χ0v) is 19.8. The Kier molecular flexibility index (Phi) is 8.19. The Morgan fingerprint density at radius 2 is 1.82 bits per heavy atom. The van der Waals surface area contributed by atoms with Crippen molar-refractivity contribution < 1.29 is 27.1 Å². The van der Waals surface area contributed by atoms with Gasteiger partial charge in [0.25, 0.3) is 0 Å².